The number of benzene rings is 3. The summed E-state index contributed by atoms with van der Waals surface area (Å²) in [6, 6.07) is 28.8. The number of esters is 1. The van der Waals surface area contributed by atoms with Crippen LogP contribution in [0.25, 0.3) is 27.0 Å². The predicted molar refractivity (Wildman–Crippen MR) is 142 cm³/mol. The summed E-state index contributed by atoms with van der Waals surface area (Å²) in [6.45, 7) is 2.22. The first kappa shape index (κ1) is 23.1. The van der Waals surface area contributed by atoms with E-state index in [2.05, 4.69) is 0 Å². The molecule has 2 aromatic heterocycles. The fourth-order valence-corrected chi connectivity index (χ4v) is 5.80. The topological polar surface area (TPSA) is 61.2 Å². The van der Waals surface area contributed by atoms with Crippen molar-refractivity contribution in [3.63, 3.8) is 0 Å². The standard InChI is InChI=1S/C28H22N2O3S2/c1-19-24(21-13-7-3-8-14-21)25-26(35-19)29-28(30(27(25)32)22-15-9-4-10-16-22)34-18-23(31)33-17-20-11-5-2-6-12-20/h2-16H,17-18H2,1H3. The Balaban J connectivity index is 1.52. The molecule has 2 heterocycles. The Bertz CT molecular complexity index is 1530. The third-order valence-corrected chi connectivity index (χ3v) is 7.42. The van der Waals surface area contributed by atoms with Gasteiger partial charge in [-0.3, -0.25) is 14.2 Å². The van der Waals surface area contributed by atoms with Crippen LogP contribution in [-0.2, 0) is 16.1 Å². The van der Waals surface area contributed by atoms with Gasteiger partial charge in [0, 0.05) is 10.4 Å². The van der Waals surface area contributed by atoms with Crippen molar-refractivity contribution in [2.75, 3.05) is 5.75 Å². The van der Waals surface area contributed by atoms with Gasteiger partial charge in [0.05, 0.1) is 16.8 Å². The van der Waals surface area contributed by atoms with E-state index in [0.29, 0.717) is 21.1 Å². The van der Waals surface area contributed by atoms with Crippen LogP contribution in [0.3, 0.4) is 0 Å². The maximum atomic E-state index is 13.9. The van der Waals surface area contributed by atoms with Gasteiger partial charge in [-0.05, 0) is 30.2 Å². The molecular formula is C28H22N2O3S2. The minimum absolute atomic E-state index is 0.0491. The molecule has 3 aromatic carbocycles. The summed E-state index contributed by atoms with van der Waals surface area (Å²) in [6.07, 6.45) is 0. The number of para-hydroxylation sites is 1. The summed E-state index contributed by atoms with van der Waals surface area (Å²) >= 11 is 2.70. The van der Waals surface area contributed by atoms with E-state index in [1.165, 1.54) is 23.1 Å². The molecule has 5 aromatic rings. The Labute approximate surface area is 211 Å². The monoisotopic (exact) mass is 498 g/mol. The van der Waals surface area contributed by atoms with Gasteiger partial charge in [0.2, 0.25) is 0 Å². The number of hydrogen-bond acceptors (Lipinski definition) is 6. The molecule has 174 valence electrons. The molecule has 0 N–H and O–H groups in total. The third kappa shape index (κ3) is 4.92. The quantitative estimate of drug-likeness (QED) is 0.151. The minimum Gasteiger partial charge on any atom is -0.460 e. The highest BCUT2D eigenvalue weighted by Crippen LogP contribution is 2.36. The van der Waals surface area contributed by atoms with Crippen LogP contribution in [0.1, 0.15) is 10.4 Å². The van der Waals surface area contributed by atoms with Crippen molar-refractivity contribution in [3.8, 4) is 16.8 Å². The van der Waals surface area contributed by atoms with Crippen LogP contribution < -0.4 is 5.56 Å². The molecule has 0 spiro atoms. The number of nitrogens with zero attached hydrogens (tertiary/aromatic N) is 2. The normalized spacial score (nSPS) is 11.0. The lowest BCUT2D eigenvalue weighted by Gasteiger charge is -2.12. The van der Waals surface area contributed by atoms with Crippen molar-refractivity contribution >= 4 is 39.3 Å². The Morgan fingerprint density at radius 1 is 0.943 bits per heavy atom. The van der Waals surface area contributed by atoms with Crippen molar-refractivity contribution in [2.24, 2.45) is 0 Å². The number of aryl methyl sites for hydroxylation is 1. The molecule has 0 fully saturated rings. The van der Waals surface area contributed by atoms with Crippen molar-refractivity contribution < 1.29 is 9.53 Å². The second kappa shape index (κ2) is 10.3. The molecule has 0 aliphatic carbocycles. The van der Waals surface area contributed by atoms with Gasteiger partial charge in [-0.15, -0.1) is 11.3 Å². The van der Waals surface area contributed by atoms with Gasteiger partial charge in [-0.25, -0.2) is 4.98 Å². The highest BCUT2D eigenvalue weighted by molar-refractivity contribution is 7.99. The Morgan fingerprint density at radius 3 is 2.26 bits per heavy atom. The first-order chi connectivity index (χ1) is 17.1. The molecule has 0 aliphatic rings. The predicted octanol–water partition coefficient (Wildman–Crippen LogP) is 6.26. The van der Waals surface area contributed by atoms with E-state index in [1.54, 1.807) is 4.57 Å². The van der Waals surface area contributed by atoms with E-state index in [0.717, 1.165) is 21.6 Å². The Kier molecular flexibility index (Phi) is 6.79. The maximum Gasteiger partial charge on any atom is 0.316 e. The van der Waals surface area contributed by atoms with Crippen LogP contribution in [0.15, 0.2) is 101 Å². The zero-order valence-corrected chi connectivity index (χ0v) is 20.6. The van der Waals surface area contributed by atoms with Crippen LogP contribution in [-0.4, -0.2) is 21.3 Å². The van der Waals surface area contributed by atoms with Crippen molar-refractivity contribution in [2.45, 2.75) is 18.7 Å². The lowest BCUT2D eigenvalue weighted by molar-refractivity contribution is -0.141. The van der Waals surface area contributed by atoms with Crippen molar-refractivity contribution in [1.82, 2.24) is 9.55 Å². The van der Waals surface area contributed by atoms with Crippen molar-refractivity contribution in [3.05, 3.63) is 112 Å². The highest BCUT2D eigenvalue weighted by Gasteiger charge is 2.21. The van der Waals surface area contributed by atoms with Gasteiger partial charge in [-0.2, -0.15) is 0 Å². The number of rotatable bonds is 7. The fraction of sp³-hybridized carbons (Fsp3) is 0.107. The third-order valence-electron chi connectivity index (χ3n) is 5.51. The second-order valence-corrected chi connectivity index (χ2v) is 10.0. The van der Waals surface area contributed by atoms with Gasteiger partial charge < -0.3 is 4.74 Å². The van der Waals surface area contributed by atoms with Gasteiger partial charge in [0.15, 0.2) is 5.16 Å². The molecule has 0 aliphatic heterocycles. The molecule has 0 bridgehead atoms. The fourth-order valence-electron chi connectivity index (χ4n) is 3.90. The summed E-state index contributed by atoms with van der Waals surface area (Å²) in [7, 11) is 0. The Hall–Kier alpha value is -3.68. The van der Waals surface area contributed by atoms with Gasteiger partial charge in [-0.1, -0.05) is 90.6 Å². The van der Waals surface area contributed by atoms with Gasteiger partial charge >= 0.3 is 5.97 Å². The van der Waals surface area contributed by atoms with Gasteiger partial charge in [0.1, 0.15) is 11.4 Å². The largest absolute Gasteiger partial charge is 0.460 e. The molecule has 0 saturated carbocycles. The molecule has 0 radical (unpaired) electrons. The maximum absolute atomic E-state index is 13.9. The number of hydrogen-bond donors (Lipinski definition) is 0. The summed E-state index contributed by atoms with van der Waals surface area (Å²) < 4.78 is 7.02. The van der Waals surface area contributed by atoms with E-state index in [1.807, 2.05) is 97.9 Å². The SMILES string of the molecule is Cc1sc2nc(SCC(=O)OCc3ccccc3)n(-c3ccccc3)c(=O)c2c1-c1ccccc1. The number of fused-ring (bicyclic) bond motifs is 1. The van der Waals surface area contributed by atoms with Crippen LogP contribution in [0, 0.1) is 6.92 Å². The molecule has 35 heavy (non-hydrogen) atoms. The average Bonchev–Trinajstić information content (AvgIpc) is 3.24. The van der Waals surface area contributed by atoms with E-state index < -0.39 is 0 Å². The molecule has 0 unspecified atom stereocenters. The molecule has 0 atom stereocenters. The van der Waals surface area contributed by atoms with Crippen LogP contribution in [0.2, 0.25) is 0 Å². The Morgan fingerprint density at radius 2 is 1.57 bits per heavy atom. The molecule has 5 nitrogen and oxygen atoms in total. The van der Waals surface area contributed by atoms with E-state index in [9.17, 15) is 9.59 Å². The number of thiophene rings is 1. The zero-order valence-electron chi connectivity index (χ0n) is 19.0. The lowest BCUT2D eigenvalue weighted by atomic mass is 10.0. The molecular weight excluding hydrogens is 476 g/mol. The summed E-state index contributed by atoms with van der Waals surface area (Å²) in [5.74, 6) is -0.312. The second-order valence-electron chi connectivity index (χ2n) is 7.88. The van der Waals surface area contributed by atoms with E-state index in [4.69, 9.17) is 9.72 Å². The van der Waals surface area contributed by atoms with E-state index >= 15 is 0 Å². The molecule has 0 saturated heterocycles. The summed E-state index contributed by atoms with van der Waals surface area (Å²) in [4.78, 5) is 32.9. The number of carbonyl (C=O) groups excluding carboxylic acids is 1. The van der Waals surface area contributed by atoms with E-state index in [-0.39, 0.29) is 23.9 Å². The minimum atomic E-state index is -0.361. The number of carbonyl (C=O) groups is 1. The van der Waals surface area contributed by atoms with Gasteiger partial charge in [0.25, 0.3) is 5.56 Å². The van der Waals surface area contributed by atoms with Crippen LogP contribution in [0.4, 0.5) is 0 Å². The first-order valence-electron chi connectivity index (χ1n) is 11.1. The van der Waals surface area contributed by atoms with Crippen LogP contribution in [0.5, 0.6) is 0 Å². The van der Waals surface area contributed by atoms with Crippen molar-refractivity contribution in [1.29, 1.82) is 0 Å². The molecule has 0 amide bonds. The summed E-state index contributed by atoms with van der Waals surface area (Å²) in [5.41, 5.74) is 3.37. The smallest absolute Gasteiger partial charge is 0.316 e. The first-order valence-corrected chi connectivity index (χ1v) is 12.9. The van der Waals surface area contributed by atoms with Crippen LogP contribution >= 0.6 is 23.1 Å². The number of ether oxygens (including phenoxy) is 1. The lowest BCUT2D eigenvalue weighted by Crippen LogP contribution is -2.22. The highest BCUT2D eigenvalue weighted by atomic mass is 32.2. The number of aromatic nitrogens is 2. The summed E-state index contributed by atoms with van der Waals surface area (Å²) in [5, 5.41) is 1.06. The number of thioether (sulfide) groups is 1. The average molecular weight is 499 g/mol. The molecule has 5 rings (SSSR count). The molecule has 7 heteroatoms. The zero-order chi connectivity index (χ0) is 24.2.